The van der Waals surface area contributed by atoms with Crippen LogP contribution in [0, 0.1) is 6.92 Å². The lowest BCUT2D eigenvalue weighted by Crippen LogP contribution is -2.47. The van der Waals surface area contributed by atoms with Gasteiger partial charge in [0.1, 0.15) is 5.75 Å². The van der Waals surface area contributed by atoms with Crippen LogP contribution in [-0.4, -0.2) is 48.8 Å². The average Bonchev–Trinajstić information content (AvgIpc) is 3.10. The minimum absolute atomic E-state index is 0.169. The van der Waals surface area contributed by atoms with Crippen molar-refractivity contribution < 1.29 is 9.53 Å². The van der Waals surface area contributed by atoms with Crippen molar-refractivity contribution in [3.63, 3.8) is 0 Å². The lowest BCUT2D eigenvalue weighted by atomic mass is 10.2. The highest BCUT2D eigenvalue weighted by Gasteiger charge is 2.28. The topological polar surface area (TPSA) is 45.1 Å². The van der Waals surface area contributed by atoms with E-state index in [-0.39, 0.29) is 5.91 Å². The van der Waals surface area contributed by atoms with Gasteiger partial charge in [0.15, 0.2) is 5.17 Å². The molecule has 0 aromatic heterocycles. The molecule has 1 amide bonds. The zero-order valence-electron chi connectivity index (χ0n) is 16.8. The number of carbonyl (C=O) groups is 1. The van der Waals surface area contributed by atoms with Gasteiger partial charge in [-0.25, -0.2) is 0 Å². The van der Waals surface area contributed by atoms with E-state index < -0.39 is 0 Å². The zero-order valence-corrected chi connectivity index (χ0v) is 17.6. The lowest BCUT2D eigenvalue weighted by Gasteiger charge is -2.36. The summed E-state index contributed by atoms with van der Waals surface area (Å²) in [5.74, 6) is 0.619. The summed E-state index contributed by atoms with van der Waals surface area (Å²) in [5, 5.41) is 0.805. The van der Waals surface area contributed by atoms with Crippen molar-refractivity contribution in [2.75, 3.05) is 37.7 Å². The maximum absolute atomic E-state index is 12.5. The van der Waals surface area contributed by atoms with E-state index in [0.29, 0.717) is 11.5 Å². The number of ether oxygens (including phenoxy) is 1. The summed E-state index contributed by atoms with van der Waals surface area (Å²) in [4.78, 5) is 22.0. The van der Waals surface area contributed by atoms with E-state index in [4.69, 9.17) is 4.74 Å². The number of hydrogen-bond donors (Lipinski definition) is 0. The molecule has 2 aromatic rings. The molecule has 5 nitrogen and oxygen atoms in total. The van der Waals surface area contributed by atoms with Crippen LogP contribution >= 0.6 is 11.8 Å². The van der Waals surface area contributed by atoms with Gasteiger partial charge in [0.05, 0.1) is 11.5 Å². The summed E-state index contributed by atoms with van der Waals surface area (Å²) in [6.45, 7) is 8.22. The Morgan fingerprint density at radius 2 is 1.83 bits per heavy atom. The number of amidine groups is 1. The first kappa shape index (κ1) is 19.6. The smallest absolute Gasteiger partial charge is 0.286 e. The number of carbonyl (C=O) groups excluding carboxylic acids is 1. The predicted molar refractivity (Wildman–Crippen MR) is 121 cm³/mol. The number of nitrogens with zero attached hydrogens (tertiary/aromatic N) is 3. The van der Waals surface area contributed by atoms with Gasteiger partial charge in [0.25, 0.3) is 5.91 Å². The van der Waals surface area contributed by atoms with Crippen molar-refractivity contribution in [2.45, 2.75) is 13.8 Å². The number of anilines is 1. The molecule has 4 rings (SSSR count). The highest BCUT2D eigenvalue weighted by molar-refractivity contribution is 8.18. The van der Waals surface area contributed by atoms with Crippen LogP contribution in [0.15, 0.2) is 58.4 Å². The standard InChI is InChI=1S/C23H25N3O2S/c1-3-28-20-10-5-4-8-18(20)16-21-22(27)24-23(29-21)26-13-11-25(12-14-26)19-9-6-7-17(2)15-19/h4-10,15-16H,3,11-14H2,1-2H3/b21-16-. The summed E-state index contributed by atoms with van der Waals surface area (Å²) < 4.78 is 5.67. The fraction of sp³-hybridized carbons (Fsp3) is 0.304. The van der Waals surface area contributed by atoms with Crippen LogP contribution in [0.4, 0.5) is 5.69 Å². The predicted octanol–water partition coefficient (Wildman–Crippen LogP) is 4.19. The molecule has 0 atom stereocenters. The molecule has 0 aliphatic carbocycles. The summed E-state index contributed by atoms with van der Waals surface area (Å²) in [7, 11) is 0. The Bertz CT molecular complexity index is 962. The van der Waals surface area contributed by atoms with Crippen molar-refractivity contribution >= 4 is 34.6 Å². The molecule has 2 heterocycles. The summed E-state index contributed by atoms with van der Waals surface area (Å²) in [6, 6.07) is 16.4. The van der Waals surface area contributed by atoms with Crippen molar-refractivity contribution in [3.05, 3.63) is 64.6 Å². The molecule has 0 bridgehead atoms. The molecule has 150 valence electrons. The maximum Gasteiger partial charge on any atom is 0.286 e. The molecule has 2 aliphatic rings. The van der Waals surface area contributed by atoms with Crippen LogP contribution < -0.4 is 9.64 Å². The van der Waals surface area contributed by atoms with Gasteiger partial charge < -0.3 is 14.5 Å². The Hall–Kier alpha value is -2.73. The molecule has 1 saturated heterocycles. The number of hydrogen-bond acceptors (Lipinski definition) is 5. The Morgan fingerprint density at radius 3 is 2.59 bits per heavy atom. The largest absolute Gasteiger partial charge is 0.493 e. The van der Waals surface area contributed by atoms with Crippen LogP contribution in [0.5, 0.6) is 5.75 Å². The third kappa shape index (κ3) is 4.48. The number of amides is 1. The van der Waals surface area contributed by atoms with E-state index in [2.05, 4.69) is 46.0 Å². The van der Waals surface area contributed by atoms with E-state index in [1.807, 2.05) is 37.3 Å². The Labute approximate surface area is 176 Å². The van der Waals surface area contributed by atoms with Crippen LogP contribution in [0.2, 0.25) is 0 Å². The first-order chi connectivity index (χ1) is 14.1. The summed E-state index contributed by atoms with van der Waals surface area (Å²) >= 11 is 1.46. The molecule has 29 heavy (non-hydrogen) atoms. The number of piperazine rings is 1. The van der Waals surface area contributed by atoms with Crippen LogP contribution in [0.3, 0.4) is 0 Å². The highest BCUT2D eigenvalue weighted by atomic mass is 32.2. The third-order valence-corrected chi connectivity index (χ3v) is 6.08. The lowest BCUT2D eigenvalue weighted by molar-refractivity contribution is -0.113. The van der Waals surface area contributed by atoms with Gasteiger partial charge in [0.2, 0.25) is 0 Å². The number of aliphatic imine (C=N–C) groups is 1. The molecule has 1 fully saturated rings. The normalized spacial score (nSPS) is 18.3. The van der Waals surface area contributed by atoms with Gasteiger partial charge in [0, 0.05) is 37.4 Å². The molecular weight excluding hydrogens is 382 g/mol. The molecule has 0 radical (unpaired) electrons. The van der Waals surface area contributed by atoms with E-state index in [9.17, 15) is 4.79 Å². The number of benzene rings is 2. The molecular formula is C23H25N3O2S. The molecule has 2 aromatic carbocycles. The minimum atomic E-state index is -0.169. The molecule has 6 heteroatoms. The second kappa shape index (κ2) is 8.74. The van der Waals surface area contributed by atoms with Crippen LogP contribution in [0.1, 0.15) is 18.1 Å². The van der Waals surface area contributed by atoms with Crippen LogP contribution in [-0.2, 0) is 4.79 Å². The number of aryl methyl sites for hydroxylation is 1. The van der Waals surface area contributed by atoms with Crippen LogP contribution in [0.25, 0.3) is 6.08 Å². The molecule has 0 unspecified atom stereocenters. The summed E-state index contributed by atoms with van der Waals surface area (Å²) in [5.41, 5.74) is 3.44. The van der Waals surface area contributed by atoms with Gasteiger partial charge in [-0.3, -0.25) is 4.79 Å². The number of para-hydroxylation sites is 1. The van der Waals surface area contributed by atoms with Gasteiger partial charge >= 0.3 is 0 Å². The SMILES string of the molecule is CCOc1ccccc1/C=C1\SC(N2CCN(c3cccc(C)c3)CC2)=NC1=O. The van der Waals surface area contributed by atoms with Gasteiger partial charge in [-0.2, -0.15) is 4.99 Å². The monoisotopic (exact) mass is 407 g/mol. The van der Waals surface area contributed by atoms with E-state index in [1.165, 1.54) is 23.0 Å². The first-order valence-corrected chi connectivity index (χ1v) is 10.8. The molecule has 0 saturated carbocycles. The number of rotatable bonds is 4. The van der Waals surface area contributed by atoms with Gasteiger partial charge in [-0.05, 0) is 55.4 Å². The second-order valence-corrected chi connectivity index (χ2v) is 8.10. The fourth-order valence-electron chi connectivity index (χ4n) is 3.54. The van der Waals surface area contributed by atoms with Crippen molar-refractivity contribution in [3.8, 4) is 5.75 Å². The zero-order chi connectivity index (χ0) is 20.2. The van der Waals surface area contributed by atoms with Crippen molar-refractivity contribution in [2.24, 2.45) is 4.99 Å². The van der Waals surface area contributed by atoms with E-state index in [0.717, 1.165) is 42.7 Å². The highest BCUT2D eigenvalue weighted by Crippen LogP contribution is 2.33. The van der Waals surface area contributed by atoms with E-state index >= 15 is 0 Å². The maximum atomic E-state index is 12.5. The average molecular weight is 408 g/mol. The van der Waals surface area contributed by atoms with Gasteiger partial charge in [-0.15, -0.1) is 0 Å². The molecule has 0 spiro atoms. The third-order valence-electron chi connectivity index (χ3n) is 5.03. The molecule has 0 N–H and O–H groups in total. The Kier molecular flexibility index (Phi) is 5.90. The molecule has 2 aliphatic heterocycles. The Balaban J connectivity index is 1.42. The van der Waals surface area contributed by atoms with E-state index in [1.54, 1.807) is 0 Å². The van der Waals surface area contributed by atoms with Crippen molar-refractivity contribution in [1.82, 2.24) is 4.90 Å². The number of thioether (sulfide) groups is 1. The first-order valence-electron chi connectivity index (χ1n) is 9.95. The fourth-order valence-corrected chi connectivity index (χ4v) is 4.50. The summed E-state index contributed by atoms with van der Waals surface area (Å²) in [6.07, 6.45) is 1.89. The minimum Gasteiger partial charge on any atom is -0.493 e. The quantitative estimate of drug-likeness (QED) is 0.712. The second-order valence-electron chi connectivity index (χ2n) is 7.09. The Morgan fingerprint density at radius 1 is 1.07 bits per heavy atom. The van der Waals surface area contributed by atoms with Crippen molar-refractivity contribution in [1.29, 1.82) is 0 Å². The van der Waals surface area contributed by atoms with Gasteiger partial charge in [-0.1, -0.05) is 30.3 Å².